The zero-order chi connectivity index (χ0) is 10.0. The Morgan fingerprint density at radius 1 is 1.46 bits per heavy atom. The van der Waals surface area contributed by atoms with E-state index in [4.69, 9.17) is 4.74 Å². The second-order valence-electron chi connectivity index (χ2n) is 3.83. The molecule has 0 saturated carbocycles. The van der Waals surface area contributed by atoms with Crippen LogP contribution in [0.2, 0.25) is 0 Å². The standard InChI is InChI=1S/C9H18N2O2/c1-10(2)9(12)7-5-11(3)6-8(7)13-4/h7-8H,5-6H2,1-4H3. The minimum Gasteiger partial charge on any atom is -0.379 e. The van der Waals surface area contributed by atoms with E-state index >= 15 is 0 Å². The SMILES string of the molecule is COC1CN(C)CC1C(=O)N(C)C. The topological polar surface area (TPSA) is 32.8 Å². The van der Waals surface area contributed by atoms with Crippen molar-refractivity contribution in [1.29, 1.82) is 0 Å². The Morgan fingerprint density at radius 2 is 2.08 bits per heavy atom. The summed E-state index contributed by atoms with van der Waals surface area (Å²) in [6.45, 7) is 1.65. The van der Waals surface area contributed by atoms with Gasteiger partial charge in [0.15, 0.2) is 0 Å². The molecular weight excluding hydrogens is 168 g/mol. The van der Waals surface area contributed by atoms with E-state index in [2.05, 4.69) is 4.90 Å². The largest absolute Gasteiger partial charge is 0.379 e. The molecule has 1 amide bonds. The van der Waals surface area contributed by atoms with Crippen molar-refractivity contribution < 1.29 is 9.53 Å². The number of likely N-dealkylation sites (N-methyl/N-ethyl adjacent to an activating group) is 1. The fourth-order valence-electron chi connectivity index (χ4n) is 1.77. The van der Waals surface area contributed by atoms with E-state index in [1.54, 1.807) is 26.1 Å². The van der Waals surface area contributed by atoms with E-state index in [1.165, 1.54) is 0 Å². The first-order valence-electron chi connectivity index (χ1n) is 4.48. The van der Waals surface area contributed by atoms with Crippen LogP contribution < -0.4 is 0 Å². The molecule has 13 heavy (non-hydrogen) atoms. The summed E-state index contributed by atoms with van der Waals surface area (Å²) < 4.78 is 5.28. The monoisotopic (exact) mass is 186 g/mol. The maximum Gasteiger partial charge on any atom is 0.229 e. The van der Waals surface area contributed by atoms with Crippen LogP contribution in [0.15, 0.2) is 0 Å². The number of methoxy groups -OCH3 is 1. The van der Waals surface area contributed by atoms with Crippen LogP contribution in [0.3, 0.4) is 0 Å². The Hall–Kier alpha value is -0.610. The molecule has 0 spiro atoms. The maximum absolute atomic E-state index is 11.7. The van der Waals surface area contributed by atoms with Gasteiger partial charge in [-0.1, -0.05) is 0 Å². The van der Waals surface area contributed by atoms with Crippen LogP contribution in [0.4, 0.5) is 0 Å². The van der Waals surface area contributed by atoms with Gasteiger partial charge in [-0.25, -0.2) is 0 Å². The first-order chi connectivity index (χ1) is 6.06. The van der Waals surface area contributed by atoms with Gasteiger partial charge in [0.05, 0.1) is 12.0 Å². The van der Waals surface area contributed by atoms with Crippen LogP contribution in [0.25, 0.3) is 0 Å². The lowest BCUT2D eigenvalue weighted by atomic mass is 10.1. The summed E-state index contributed by atoms with van der Waals surface area (Å²) in [6, 6.07) is 0. The molecule has 4 heteroatoms. The number of hydrogen-bond donors (Lipinski definition) is 0. The molecule has 0 aromatic heterocycles. The highest BCUT2D eigenvalue weighted by Crippen LogP contribution is 2.19. The third-order valence-electron chi connectivity index (χ3n) is 2.51. The molecule has 0 radical (unpaired) electrons. The number of likely N-dealkylation sites (tertiary alicyclic amines) is 1. The van der Waals surface area contributed by atoms with Crippen molar-refractivity contribution in [3.8, 4) is 0 Å². The third-order valence-corrected chi connectivity index (χ3v) is 2.51. The van der Waals surface area contributed by atoms with Crippen LogP contribution in [-0.4, -0.2) is 63.2 Å². The Morgan fingerprint density at radius 3 is 2.54 bits per heavy atom. The number of hydrogen-bond acceptors (Lipinski definition) is 3. The molecule has 0 bridgehead atoms. The molecule has 0 aromatic carbocycles. The summed E-state index contributed by atoms with van der Waals surface area (Å²) in [5, 5.41) is 0. The van der Waals surface area contributed by atoms with Crippen LogP contribution in [-0.2, 0) is 9.53 Å². The second-order valence-corrected chi connectivity index (χ2v) is 3.83. The molecule has 1 heterocycles. The molecule has 0 N–H and O–H groups in total. The zero-order valence-electron chi connectivity index (χ0n) is 8.78. The van der Waals surface area contributed by atoms with Crippen LogP contribution in [0.1, 0.15) is 0 Å². The van der Waals surface area contributed by atoms with Gasteiger partial charge in [-0.15, -0.1) is 0 Å². The van der Waals surface area contributed by atoms with E-state index in [0.29, 0.717) is 0 Å². The molecule has 0 aromatic rings. The summed E-state index contributed by atoms with van der Waals surface area (Å²) in [4.78, 5) is 15.4. The lowest BCUT2D eigenvalue weighted by Gasteiger charge is -2.20. The lowest BCUT2D eigenvalue weighted by Crippen LogP contribution is -2.37. The molecule has 1 rings (SSSR count). The first-order valence-corrected chi connectivity index (χ1v) is 4.48. The minimum atomic E-state index is 0.00463. The van der Waals surface area contributed by atoms with E-state index in [-0.39, 0.29) is 17.9 Å². The summed E-state index contributed by atoms with van der Waals surface area (Å²) in [7, 11) is 7.25. The van der Waals surface area contributed by atoms with Gasteiger partial charge in [0, 0.05) is 34.3 Å². The van der Waals surface area contributed by atoms with E-state index in [9.17, 15) is 4.79 Å². The molecule has 2 atom stereocenters. The highest BCUT2D eigenvalue weighted by Gasteiger charge is 2.36. The molecule has 1 aliphatic rings. The smallest absolute Gasteiger partial charge is 0.229 e. The number of rotatable bonds is 2. The van der Waals surface area contributed by atoms with Gasteiger partial charge in [-0.2, -0.15) is 0 Å². The van der Waals surface area contributed by atoms with Gasteiger partial charge in [-0.05, 0) is 7.05 Å². The van der Waals surface area contributed by atoms with Crippen molar-refractivity contribution in [2.45, 2.75) is 6.10 Å². The number of ether oxygens (including phenoxy) is 1. The van der Waals surface area contributed by atoms with Crippen LogP contribution in [0, 0.1) is 5.92 Å². The van der Waals surface area contributed by atoms with Gasteiger partial charge >= 0.3 is 0 Å². The predicted molar refractivity (Wildman–Crippen MR) is 50.5 cm³/mol. The Balaban J connectivity index is 2.62. The van der Waals surface area contributed by atoms with E-state index < -0.39 is 0 Å². The van der Waals surface area contributed by atoms with Crippen molar-refractivity contribution >= 4 is 5.91 Å². The van der Waals surface area contributed by atoms with Crippen molar-refractivity contribution in [1.82, 2.24) is 9.80 Å². The van der Waals surface area contributed by atoms with Gasteiger partial charge < -0.3 is 14.5 Å². The Labute approximate surface area is 79.4 Å². The fraction of sp³-hybridized carbons (Fsp3) is 0.889. The highest BCUT2D eigenvalue weighted by molar-refractivity contribution is 5.79. The number of amides is 1. The number of carbonyl (C=O) groups is 1. The summed E-state index contributed by atoms with van der Waals surface area (Å²) in [5.74, 6) is 0.168. The third kappa shape index (κ3) is 2.19. The zero-order valence-corrected chi connectivity index (χ0v) is 8.78. The summed E-state index contributed by atoms with van der Waals surface area (Å²) in [6.07, 6.45) is 0.0555. The molecule has 2 unspecified atom stereocenters. The quantitative estimate of drug-likeness (QED) is 0.591. The highest BCUT2D eigenvalue weighted by atomic mass is 16.5. The van der Waals surface area contributed by atoms with Gasteiger partial charge in [0.1, 0.15) is 0 Å². The maximum atomic E-state index is 11.7. The van der Waals surface area contributed by atoms with Gasteiger partial charge in [-0.3, -0.25) is 4.79 Å². The lowest BCUT2D eigenvalue weighted by molar-refractivity contribution is -0.135. The summed E-state index contributed by atoms with van der Waals surface area (Å²) >= 11 is 0. The molecule has 4 nitrogen and oxygen atoms in total. The van der Waals surface area contributed by atoms with Crippen molar-refractivity contribution in [2.75, 3.05) is 41.3 Å². The molecule has 1 aliphatic heterocycles. The fourth-order valence-corrected chi connectivity index (χ4v) is 1.77. The Kier molecular flexibility index (Phi) is 3.27. The van der Waals surface area contributed by atoms with Crippen LogP contribution in [0.5, 0.6) is 0 Å². The van der Waals surface area contributed by atoms with E-state index in [1.807, 2.05) is 7.05 Å². The molecule has 1 fully saturated rings. The van der Waals surface area contributed by atoms with E-state index in [0.717, 1.165) is 13.1 Å². The minimum absolute atomic E-state index is 0.00463. The van der Waals surface area contributed by atoms with Crippen LogP contribution >= 0.6 is 0 Å². The number of carbonyl (C=O) groups excluding carboxylic acids is 1. The molecule has 0 aliphatic carbocycles. The Bertz CT molecular complexity index is 194. The molecule has 76 valence electrons. The normalized spacial score (nSPS) is 29.2. The predicted octanol–water partition coefficient (Wildman–Crippen LogP) is -0.349. The van der Waals surface area contributed by atoms with Crippen molar-refractivity contribution in [3.63, 3.8) is 0 Å². The van der Waals surface area contributed by atoms with Crippen molar-refractivity contribution in [3.05, 3.63) is 0 Å². The van der Waals surface area contributed by atoms with Gasteiger partial charge in [0.25, 0.3) is 0 Å². The molecular formula is C9H18N2O2. The number of nitrogens with zero attached hydrogens (tertiary/aromatic N) is 2. The average molecular weight is 186 g/mol. The summed E-state index contributed by atoms with van der Waals surface area (Å²) in [5.41, 5.74) is 0. The van der Waals surface area contributed by atoms with Crippen molar-refractivity contribution in [2.24, 2.45) is 5.92 Å². The second kappa shape index (κ2) is 4.07. The first kappa shape index (κ1) is 10.5. The average Bonchev–Trinajstić information content (AvgIpc) is 2.45. The molecule has 1 saturated heterocycles. The van der Waals surface area contributed by atoms with Gasteiger partial charge in [0.2, 0.25) is 5.91 Å².